The highest BCUT2D eigenvalue weighted by atomic mass is 19.1. The molecule has 0 bridgehead atoms. The van der Waals surface area contributed by atoms with Crippen LogP contribution in [-0.4, -0.2) is 23.0 Å². The lowest BCUT2D eigenvalue weighted by Crippen LogP contribution is -2.42. The van der Waals surface area contributed by atoms with E-state index in [4.69, 9.17) is 0 Å². The van der Waals surface area contributed by atoms with E-state index in [9.17, 15) is 13.2 Å². The summed E-state index contributed by atoms with van der Waals surface area (Å²) in [6.45, 7) is 5.96. The summed E-state index contributed by atoms with van der Waals surface area (Å²) in [6, 6.07) is 8.61. The smallest absolute Gasteiger partial charge is 0.226 e. The van der Waals surface area contributed by atoms with Gasteiger partial charge in [0.2, 0.25) is 6.34 Å². The Morgan fingerprint density at radius 2 is 1.52 bits per heavy atom. The molecule has 0 N–H and O–H groups in total. The van der Waals surface area contributed by atoms with Crippen molar-refractivity contribution in [1.82, 2.24) is 0 Å². The molecule has 0 saturated heterocycles. The lowest BCUT2D eigenvalue weighted by atomic mass is 10.0. The number of nitrogens with zero attached hydrogens (tertiary/aromatic N) is 2. The third-order valence-corrected chi connectivity index (χ3v) is 4.12. The maximum absolute atomic E-state index is 14.2. The zero-order valence-corrected chi connectivity index (χ0v) is 13.3. The topological polar surface area (TPSA) is 6.25 Å². The summed E-state index contributed by atoms with van der Waals surface area (Å²) >= 11 is 0. The van der Waals surface area contributed by atoms with E-state index >= 15 is 0 Å². The minimum Gasteiger partial charge on any atom is -0.226 e. The second-order valence-electron chi connectivity index (χ2n) is 6.40. The van der Waals surface area contributed by atoms with Crippen molar-refractivity contribution in [1.29, 1.82) is 0 Å². The Kier molecular flexibility index (Phi) is 3.66. The number of hydrogen-bond donors (Lipinski definition) is 0. The van der Waals surface area contributed by atoms with Gasteiger partial charge in [-0.2, -0.15) is 0 Å². The van der Waals surface area contributed by atoms with E-state index in [-0.39, 0.29) is 11.5 Å². The summed E-state index contributed by atoms with van der Waals surface area (Å²) in [6.07, 6.45) is 1.58. The molecule has 0 fully saturated rings. The van der Waals surface area contributed by atoms with Crippen LogP contribution in [0.5, 0.6) is 0 Å². The van der Waals surface area contributed by atoms with Gasteiger partial charge in [-0.3, -0.25) is 0 Å². The molecule has 120 valence electrons. The highest BCUT2D eigenvalue weighted by molar-refractivity contribution is 5.81. The fraction of sp³-hybridized carbons (Fsp3) is 0.278. The van der Waals surface area contributed by atoms with Crippen LogP contribution in [0.4, 0.5) is 24.5 Å². The lowest BCUT2D eigenvalue weighted by Gasteiger charge is -2.24. The first-order chi connectivity index (χ1) is 10.8. The molecule has 23 heavy (non-hydrogen) atoms. The van der Waals surface area contributed by atoms with Gasteiger partial charge >= 0.3 is 0 Å². The number of anilines is 1. The van der Waals surface area contributed by atoms with Crippen LogP contribution in [0.2, 0.25) is 0 Å². The highest BCUT2D eigenvalue weighted by Crippen LogP contribution is 2.34. The first-order valence-electron chi connectivity index (χ1n) is 7.41. The van der Waals surface area contributed by atoms with Crippen LogP contribution in [0.1, 0.15) is 19.4 Å². The van der Waals surface area contributed by atoms with Gasteiger partial charge in [-0.15, -0.1) is 0 Å². The maximum Gasteiger partial charge on any atom is 0.245 e. The molecule has 1 aliphatic rings. The van der Waals surface area contributed by atoms with E-state index in [0.717, 1.165) is 5.56 Å². The van der Waals surface area contributed by atoms with Crippen molar-refractivity contribution < 1.29 is 17.7 Å². The van der Waals surface area contributed by atoms with Gasteiger partial charge in [0.15, 0.2) is 28.8 Å². The van der Waals surface area contributed by atoms with Crippen LogP contribution in [0.25, 0.3) is 0 Å². The van der Waals surface area contributed by atoms with Crippen molar-refractivity contribution in [3.63, 3.8) is 0 Å². The predicted octanol–water partition coefficient (Wildman–Crippen LogP) is 4.38. The van der Waals surface area contributed by atoms with Gasteiger partial charge in [-0.1, -0.05) is 18.2 Å². The zero-order chi connectivity index (χ0) is 16.8. The standard InChI is InChI=1S/C18H18F3N2/c1-12-6-4-7-13(19)16(12)22-10-18(2,3)23(11-22)17-14(20)8-5-9-15(17)21/h4-9,11H,10H2,1-3H3/q+1. The molecule has 0 saturated carbocycles. The van der Waals surface area contributed by atoms with Gasteiger partial charge in [-0.05, 0) is 44.5 Å². The summed E-state index contributed by atoms with van der Waals surface area (Å²) in [5.74, 6) is -1.63. The van der Waals surface area contributed by atoms with Crippen LogP contribution in [0.3, 0.4) is 0 Å². The molecule has 3 rings (SSSR count). The third-order valence-electron chi connectivity index (χ3n) is 4.12. The van der Waals surface area contributed by atoms with Crippen LogP contribution in [0, 0.1) is 24.4 Å². The molecule has 0 aromatic heterocycles. The van der Waals surface area contributed by atoms with Crippen LogP contribution >= 0.6 is 0 Å². The third kappa shape index (κ3) is 2.60. The normalized spacial score (nSPS) is 16.6. The fourth-order valence-electron chi connectivity index (χ4n) is 3.03. The van der Waals surface area contributed by atoms with E-state index < -0.39 is 17.2 Å². The molecular formula is C18H18F3N2+. The van der Waals surface area contributed by atoms with E-state index in [1.165, 1.54) is 29.2 Å². The number of rotatable bonds is 2. The molecule has 1 aliphatic heterocycles. The number of aryl methyl sites for hydroxylation is 1. The molecule has 0 spiro atoms. The van der Waals surface area contributed by atoms with Crippen molar-refractivity contribution in [3.05, 3.63) is 59.4 Å². The lowest BCUT2D eigenvalue weighted by molar-refractivity contribution is -0.435. The summed E-state index contributed by atoms with van der Waals surface area (Å²) < 4.78 is 44.2. The number of hydrogen-bond acceptors (Lipinski definition) is 1. The SMILES string of the molecule is Cc1cccc(F)c1[N+]1=CN(c2c(F)cccc2F)C(C)(C)C1. The molecule has 2 nitrogen and oxygen atoms in total. The van der Waals surface area contributed by atoms with Crippen molar-refractivity contribution in [2.75, 3.05) is 11.4 Å². The summed E-state index contributed by atoms with van der Waals surface area (Å²) in [5, 5.41) is 0. The van der Waals surface area contributed by atoms with Crippen LogP contribution < -0.4 is 4.90 Å². The summed E-state index contributed by atoms with van der Waals surface area (Å²) in [7, 11) is 0. The van der Waals surface area contributed by atoms with Crippen molar-refractivity contribution in [2.24, 2.45) is 0 Å². The Labute approximate surface area is 133 Å². The van der Waals surface area contributed by atoms with Gasteiger partial charge < -0.3 is 0 Å². The molecule has 2 aromatic rings. The van der Waals surface area contributed by atoms with Crippen LogP contribution in [-0.2, 0) is 0 Å². The van der Waals surface area contributed by atoms with Gasteiger partial charge in [0, 0.05) is 0 Å². The quantitative estimate of drug-likeness (QED) is 0.744. The van der Waals surface area contributed by atoms with E-state index in [0.29, 0.717) is 12.2 Å². The number of benzene rings is 2. The monoisotopic (exact) mass is 319 g/mol. The second-order valence-corrected chi connectivity index (χ2v) is 6.40. The van der Waals surface area contributed by atoms with E-state index in [2.05, 4.69) is 0 Å². The Balaban J connectivity index is 2.14. The Morgan fingerprint density at radius 1 is 0.957 bits per heavy atom. The average molecular weight is 319 g/mol. The first kappa shape index (κ1) is 15.6. The van der Waals surface area contributed by atoms with Gasteiger partial charge in [0.1, 0.15) is 12.1 Å². The highest BCUT2D eigenvalue weighted by Gasteiger charge is 2.44. The largest absolute Gasteiger partial charge is 0.245 e. The van der Waals surface area contributed by atoms with Gasteiger partial charge in [-0.25, -0.2) is 22.6 Å². The first-order valence-corrected chi connectivity index (χ1v) is 7.41. The van der Waals surface area contributed by atoms with Crippen molar-refractivity contribution >= 4 is 17.7 Å². The van der Waals surface area contributed by atoms with E-state index in [1.54, 1.807) is 17.0 Å². The summed E-state index contributed by atoms with van der Waals surface area (Å²) in [4.78, 5) is 1.53. The second kappa shape index (κ2) is 5.41. The average Bonchev–Trinajstić information content (AvgIpc) is 2.74. The molecule has 2 aromatic carbocycles. The molecular weight excluding hydrogens is 301 g/mol. The minimum absolute atomic E-state index is 0.117. The Bertz CT molecular complexity index is 756. The molecule has 5 heteroatoms. The summed E-state index contributed by atoms with van der Waals surface area (Å²) in [5.41, 5.74) is 0.499. The number of halogens is 3. The molecule has 0 atom stereocenters. The Hall–Kier alpha value is -2.30. The molecule has 0 amide bonds. The molecule has 1 heterocycles. The van der Waals surface area contributed by atoms with Crippen molar-refractivity contribution in [3.8, 4) is 0 Å². The zero-order valence-electron chi connectivity index (χ0n) is 13.3. The van der Waals surface area contributed by atoms with E-state index in [1.807, 2.05) is 26.8 Å². The molecule has 0 radical (unpaired) electrons. The number of para-hydroxylation sites is 2. The van der Waals surface area contributed by atoms with Gasteiger partial charge in [0.05, 0.1) is 0 Å². The predicted molar refractivity (Wildman–Crippen MR) is 84.9 cm³/mol. The fourth-order valence-corrected chi connectivity index (χ4v) is 3.03. The van der Waals surface area contributed by atoms with Crippen molar-refractivity contribution in [2.45, 2.75) is 26.3 Å². The van der Waals surface area contributed by atoms with Crippen LogP contribution in [0.15, 0.2) is 36.4 Å². The molecule has 0 aliphatic carbocycles. The Morgan fingerprint density at radius 3 is 2.13 bits per heavy atom. The maximum atomic E-state index is 14.2. The minimum atomic E-state index is -0.638. The van der Waals surface area contributed by atoms with Gasteiger partial charge in [0.25, 0.3) is 0 Å². The molecule has 0 unspecified atom stereocenters.